The number of aromatic nitrogens is 1. The van der Waals surface area contributed by atoms with Crippen molar-refractivity contribution in [3.05, 3.63) is 38.3 Å². The Kier molecular flexibility index (Phi) is 4.99. The molecule has 2 aromatic rings. The molecular formula is C15H13BrN2O2S. The summed E-state index contributed by atoms with van der Waals surface area (Å²) in [4.78, 5) is 4.34. The number of allylic oxidation sites excluding steroid dienone is 1. The van der Waals surface area contributed by atoms with Gasteiger partial charge in [0.15, 0.2) is 11.5 Å². The second-order valence-electron chi connectivity index (χ2n) is 4.19. The molecule has 6 heteroatoms. The zero-order valence-corrected chi connectivity index (χ0v) is 14.2. The van der Waals surface area contributed by atoms with E-state index in [4.69, 9.17) is 9.47 Å². The highest BCUT2D eigenvalue weighted by Crippen LogP contribution is 2.35. The molecule has 0 atom stereocenters. The van der Waals surface area contributed by atoms with Gasteiger partial charge in [0.1, 0.15) is 11.1 Å². The summed E-state index contributed by atoms with van der Waals surface area (Å²) in [5, 5.41) is 12.0. The summed E-state index contributed by atoms with van der Waals surface area (Å²) in [6.45, 7) is 1.90. The van der Waals surface area contributed by atoms with E-state index >= 15 is 0 Å². The first-order valence-corrected chi connectivity index (χ1v) is 7.72. The maximum atomic E-state index is 9.35. The van der Waals surface area contributed by atoms with Crippen LogP contribution in [-0.4, -0.2) is 19.2 Å². The minimum atomic E-state index is 0.515. The lowest BCUT2D eigenvalue weighted by Crippen LogP contribution is -1.92. The molecule has 4 nitrogen and oxygen atoms in total. The van der Waals surface area contributed by atoms with Gasteiger partial charge in [-0.05, 0) is 30.7 Å². The van der Waals surface area contributed by atoms with Gasteiger partial charge in [-0.1, -0.05) is 15.9 Å². The van der Waals surface area contributed by atoms with E-state index in [-0.39, 0.29) is 0 Å². The highest BCUT2D eigenvalue weighted by atomic mass is 79.9. The normalized spacial score (nSPS) is 11.1. The van der Waals surface area contributed by atoms with Crippen LogP contribution in [0, 0.1) is 18.3 Å². The Morgan fingerprint density at radius 2 is 2.00 bits per heavy atom. The molecule has 0 aliphatic carbocycles. The molecule has 0 radical (unpaired) electrons. The van der Waals surface area contributed by atoms with Crippen LogP contribution in [0.25, 0.3) is 11.6 Å². The number of nitriles is 1. The molecular weight excluding hydrogens is 352 g/mol. The van der Waals surface area contributed by atoms with Gasteiger partial charge in [-0.25, -0.2) is 4.98 Å². The highest BCUT2D eigenvalue weighted by molar-refractivity contribution is 9.10. The Morgan fingerprint density at radius 3 is 2.52 bits per heavy atom. The van der Waals surface area contributed by atoms with Crippen molar-refractivity contribution in [3.63, 3.8) is 0 Å². The van der Waals surface area contributed by atoms with Gasteiger partial charge in [0.25, 0.3) is 0 Å². The van der Waals surface area contributed by atoms with E-state index in [1.807, 2.05) is 24.4 Å². The molecule has 1 aromatic heterocycles. The zero-order valence-electron chi connectivity index (χ0n) is 11.8. The van der Waals surface area contributed by atoms with Crippen LogP contribution in [0.4, 0.5) is 0 Å². The average Bonchev–Trinajstić information content (AvgIpc) is 2.91. The summed E-state index contributed by atoms with van der Waals surface area (Å²) in [5.41, 5.74) is 2.25. The molecule has 0 spiro atoms. The molecule has 2 rings (SSSR count). The summed E-state index contributed by atoms with van der Waals surface area (Å²) in [6.07, 6.45) is 1.78. The number of hydrogen-bond acceptors (Lipinski definition) is 5. The van der Waals surface area contributed by atoms with Crippen molar-refractivity contribution in [2.75, 3.05) is 14.2 Å². The quantitative estimate of drug-likeness (QED) is 0.759. The third-order valence-corrected chi connectivity index (χ3v) is 4.45. The molecule has 0 saturated heterocycles. The van der Waals surface area contributed by atoms with Gasteiger partial charge >= 0.3 is 0 Å². The smallest absolute Gasteiger partial charge is 0.161 e. The minimum absolute atomic E-state index is 0.515. The SMILES string of the molecule is COc1cc(Br)c(/C=C(\C#N)c2nc(C)cs2)cc1OC. The zero-order chi connectivity index (χ0) is 15.4. The van der Waals surface area contributed by atoms with E-state index in [9.17, 15) is 5.26 Å². The van der Waals surface area contributed by atoms with Crippen LogP contribution in [0.2, 0.25) is 0 Å². The van der Waals surface area contributed by atoms with Crippen LogP contribution >= 0.6 is 27.3 Å². The van der Waals surface area contributed by atoms with E-state index in [1.54, 1.807) is 20.3 Å². The van der Waals surface area contributed by atoms with E-state index in [0.29, 0.717) is 22.1 Å². The Balaban J connectivity index is 2.50. The molecule has 0 aliphatic rings. The summed E-state index contributed by atoms with van der Waals surface area (Å²) in [7, 11) is 3.16. The van der Waals surface area contributed by atoms with Gasteiger partial charge in [0.05, 0.1) is 19.8 Å². The third kappa shape index (κ3) is 3.43. The van der Waals surface area contributed by atoms with Crippen molar-refractivity contribution in [1.29, 1.82) is 5.26 Å². The maximum Gasteiger partial charge on any atom is 0.161 e. The molecule has 0 saturated carbocycles. The standard InChI is InChI=1S/C15H13BrN2O2S/c1-9-8-21-15(18-9)11(7-17)4-10-5-13(19-2)14(20-3)6-12(10)16/h4-6,8H,1-3H3/b11-4+. The fraction of sp³-hybridized carbons (Fsp3) is 0.200. The molecule has 108 valence electrons. The van der Waals surface area contributed by atoms with Gasteiger partial charge in [0.2, 0.25) is 0 Å². The number of aryl methyl sites for hydroxylation is 1. The lowest BCUT2D eigenvalue weighted by Gasteiger charge is -2.10. The summed E-state index contributed by atoms with van der Waals surface area (Å²) >= 11 is 4.93. The molecule has 0 amide bonds. The van der Waals surface area contributed by atoms with Gasteiger partial charge < -0.3 is 9.47 Å². The second kappa shape index (κ2) is 6.74. The number of methoxy groups -OCH3 is 2. The van der Waals surface area contributed by atoms with Gasteiger partial charge in [-0.3, -0.25) is 0 Å². The van der Waals surface area contributed by atoms with Crippen LogP contribution in [0.1, 0.15) is 16.3 Å². The average molecular weight is 365 g/mol. The molecule has 0 aliphatic heterocycles. The Hall–Kier alpha value is -1.84. The maximum absolute atomic E-state index is 9.35. The molecule has 0 unspecified atom stereocenters. The van der Waals surface area contributed by atoms with Crippen molar-refractivity contribution >= 4 is 38.9 Å². The van der Waals surface area contributed by atoms with E-state index in [1.165, 1.54) is 11.3 Å². The topological polar surface area (TPSA) is 55.1 Å². The lowest BCUT2D eigenvalue weighted by molar-refractivity contribution is 0.354. The fourth-order valence-electron chi connectivity index (χ4n) is 1.76. The predicted octanol–water partition coefficient (Wildman–Crippen LogP) is 4.30. The van der Waals surface area contributed by atoms with Crippen molar-refractivity contribution < 1.29 is 9.47 Å². The lowest BCUT2D eigenvalue weighted by atomic mass is 10.1. The largest absolute Gasteiger partial charge is 0.493 e. The molecule has 21 heavy (non-hydrogen) atoms. The van der Waals surface area contributed by atoms with Crippen molar-refractivity contribution in [2.24, 2.45) is 0 Å². The number of nitrogens with zero attached hydrogens (tertiary/aromatic N) is 2. The fourth-order valence-corrected chi connectivity index (χ4v) is 2.96. The molecule has 0 N–H and O–H groups in total. The summed E-state index contributed by atoms with van der Waals surface area (Å²) < 4.78 is 11.3. The van der Waals surface area contributed by atoms with Crippen molar-refractivity contribution in [3.8, 4) is 17.6 Å². The van der Waals surface area contributed by atoms with Crippen molar-refractivity contribution in [1.82, 2.24) is 4.98 Å². The van der Waals surface area contributed by atoms with Gasteiger partial charge in [-0.2, -0.15) is 5.26 Å². The summed E-state index contributed by atoms with van der Waals surface area (Å²) in [5.74, 6) is 1.24. The number of thiazole rings is 1. The highest BCUT2D eigenvalue weighted by Gasteiger charge is 2.11. The number of benzene rings is 1. The number of halogens is 1. The Bertz CT molecular complexity index is 732. The first-order valence-electron chi connectivity index (χ1n) is 6.05. The number of hydrogen-bond donors (Lipinski definition) is 0. The molecule has 0 bridgehead atoms. The van der Waals surface area contributed by atoms with Crippen LogP contribution in [0.5, 0.6) is 11.5 Å². The van der Waals surface area contributed by atoms with E-state index in [0.717, 1.165) is 15.7 Å². The third-order valence-electron chi connectivity index (χ3n) is 2.77. The van der Waals surface area contributed by atoms with Crippen LogP contribution in [0.15, 0.2) is 22.0 Å². The van der Waals surface area contributed by atoms with Crippen LogP contribution < -0.4 is 9.47 Å². The summed E-state index contributed by atoms with van der Waals surface area (Å²) in [6, 6.07) is 5.82. The molecule has 1 heterocycles. The first kappa shape index (κ1) is 15.5. The van der Waals surface area contributed by atoms with Crippen LogP contribution in [0.3, 0.4) is 0 Å². The minimum Gasteiger partial charge on any atom is -0.493 e. The van der Waals surface area contributed by atoms with Gasteiger partial charge in [0, 0.05) is 15.5 Å². The monoisotopic (exact) mass is 364 g/mol. The molecule has 1 aromatic carbocycles. The van der Waals surface area contributed by atoms with Gasteiger partial charge in [-0.15, -0.1) is 11.3 Å². The number of ether oxygens (including phenoxy) is 2. The van der Waals surface area contributed by atoms with E-state index in [2.05, 4.69) is 27.0 Å². The molecule has 0 fully saturated rings. The van der Waals surface area contributed by atoms with Crippen LogP contribution in [-0.2, 0) is 0 Å². The Morgan fingerprint density at radius 1 is 1.33 bits per heavy atom. The predicted molar refractivity (Wildman–Crippen MR) is 87.6 cm³/mol. The number of rotatable bonds is 4. The van der Waals surface area contributed by atoms with E-state index < -0.39 is 0 Å². The first-order chi connectivity index (χ1) is 10.1. The Labute approximate surface area is 135 Å². The second-order valence-corrected chi connectivity index (χ2v) is 5.90. The van der Waals surface area contributed by atoms with Crippen molar-refractivity contribution in [2.45, 2.75) is 6.92 Å².